The molecule has 9 nitrogen and oxygen atoms in total. The third-order valence-corrected chi connectivity index (χ3v) is 6.04. The molecule has 0 bridgehead atoms. The summed E-state index contributed by atoms with van der Waals surface area (Å²) in [6, 6.07) is 0. The van der Waals surface area contributed by atoms with Gasteiger partial charge in [-0.05, 0) is 0 Å². The topological polar surface area (TPSA) is 171 Å². The van der Waals surface area contributed by atoms with E-state index >= 15 is 0 Å². The summed E-state index contributed by atoms with van der Waals surface area (Å²) in [5, 5.41) is 6.28. The lowest BCUT2D eigenvalue weighted by Crippen LogP contribution is -2.43. The highest BCUT2D eigenvalue weighted by Crippen LogP contribution is 2.67. The lowest BCUT2D eigenvalue weighted by Gasteiger charge is -2.32. The number of ether oxygens (including phenoxy) is 1. The van der Waals surface area contributed by atoms with E-state index in [1.54, 1.807) is 0 Å². The molecule has 108 valence electrons. The molecule has 0 amide bonds. The van der Waals surface area contributed by atoms with Gasteiger partial charge in [0, 0.05) is 6.42 Å². The van der Waals surface area contributed by atoms with Crippen LogP contribution in [0, 0.1) is 0 Å². The number of aliphatic hydroxyl groups excluding tert-OH is 1. The summed E-state index contributed by atoms with van der Waals surface area (Å²) in [6.45, 7) is 3.02. The van der Waals surface area contributed by atoms with Crippen LogP contribution in [0.5, 0.6) is 0 Å². The van der Waals surface area contributed by atoms with Gasteiger partial charge in [-0.2, -0.15) is 0 Å². The minimum absolute atomic E-state index is 0.0699. The SMILES string of the molecule is C=CCOCC(O)CC(N)(P(=O)(O)O)P(=O)(O)O. The third-order valence-electron chi connectivity index (χ3n) is 2.09. The van der Waals surface area contributed by atoms with E-state index in [9.17, 15) is 14.2 Å². The molecule has 1 unspecified atom stereocenters. The molecule has 0 aromatic heterocycles. The summed E-state index contributed by atoms with van der Waals surface area (Å²) in [7, 11) is -10.6. The molecule has 0 aliphatic rings. The molecule has 18 heavy (non-hydrogen) atoms. The molecule has 0 rings (SSSR count). The van der Waals surface area contributed by atoms with Crippen molar-refractivity contribution in [3.8, 4) is 0 Å². The average Bonchev–Trinajstić information content (AvgIpc) is 2.14. The number of rotatable bonds is 8. The van der Waals surface area contributed by atoms with E-state index in [-0.39, 0.29) is 13.2 Å². The maximum absolute atomic E-state index is 11.1. The molecule has 0 aliphatic carbocycles. The largest absolute Gasteiger partial charge is 0.391 e. The first-order chi connectivity index (χ1) is 7.95. The molecule has 0 aromatic rings. The molecule has 0 aromatic carbocycles. The lowest BCUT2D eigenvalue weighted by atomic mass is 10.2. The van der Waals surface area contributed by atoms with Gasteiger partial charge in [-0.25, -0.2) is 0 Å². The predicted molar refractivity (Wildman–Crippen MR) is 62.6 cm³/mol. The first kappa shape index (κ1) is 17.9. The van der Waals surface area contributed by atoms with Crippen molar-refractivity contribution in [3.05, 3.63) is 12.7 Å². The fraction of sp³-hybridized carbons (Fsp3) is 0.714. The summed E-state index contributed by atoms with van der Waals surface area (Å²) in [4.78, 5) is 35.7. The molecule has 0 spiro atoms. The molecule has 0 saturated heterocycles. The Morgan fingerprint density at radius 3 is 2.06 bits per heavy atom. The number of nitrogens with two attached hydrogens (primary N) is 1. The Morgan fingerprint density at radius 1 is 1.28 bits per heavy atom. The lowest BCUT2D eigenvalue weighted by molar-refractivity contribution is 0.0394. The van der Waals surface area contributed by atoms with Crippen LogP contribution in [0.4, 0.5) is 0 Å². The molecule has 0 aliphatic heterocycles. The van der Waals surface area contributed by atoms with Crippen LogP contribution in [0.25, 0.3) is 0 Å². The van der Waals surface area contributed by atoms with Gasteiger partial charge in [-0.1, -0.05) is 6.08 Å². The van der Waals surface area contributed by atoms with Crippen LogP contribution < -0.4 is 5.73 Å². The Kier molecular flexibility index (Phi) is 6.35. The summed E-state index contributed by atoms with van der Waals surface area (Å²) in [6.07, 6.45) is -1.16. The van der Waals surface area contributed by atoms with Crippen LogP contribution >= 0.6 is 15.2 Å². The number of hydrogen-bond acceptors (Lipinski definition) is 5. The Morgan fingerprint density at radius 2 is 1.72 bits per heavy atom. The van der Waals surface area contributed by atoms with Crippen molar-refractivity contribution in [3.63, 3.8) is 0 Å². The van der Waals surface area contributed by atoms with Crippen molar-refractivity contribution in [2.75, 3.05) is 13.2 Å². The smallest absolute Gasteiger partial charge is 0.357 e. The van der Waals surface area contributed by atoms with E-state index in [2.05, 4.69) is 6.58 Å². The zero-order chi connectivity index (χ0) is 14.6. The van der Waals surface area contributed by atoms with Gasteiger partial charge >= 0.3 is 15.2 Å². The van der Waals surface area contributed by atoms with Gasteiger partial charge in [-0.3, -0.25) is 9.13 Å². The van der Waals surface area contributed by atoms with Crippen LogP contribution in [-0.4, -0.2) is 49.0 Å². The average molecular weight is 305 g/mol. The van der Waals surface area contributed by atoms with E-state index < -0.39 is 32.7 Å². The molecule has 0 saturated carbocycles. The van der Waals surface area contributed by atoms with Crippen molar-refractivity contribution in [2.45, 2.75) is 17.5 Å². The fourth-order valence-corrected chi connectivity index (χ4v) is 3.36. The maximum atomic E-state index is 11.1. The summed E-state index contributed by atoms with van der Waals surface area (Å²) >= 11 is 0. The van der Waals surface area contributed by atoms with Crippen molar-refractivity contribution in [1.82, 2.24) is 0 Å². The minimum atomic E-state index is -5.32. The molecule has 0 radical (unpaired) electrons. The zero-order valence-electron chi connectivity index (χ0n) is 9.42. The highest BCUT2D eigenvalue weighted by Gasteiger charge is 2.58. The molecular weight excluding hydrogens is 288 g/mol. The van der Waals surface area contributed by atoms with E-state index in [0.29, 0.717) is 0 Å². The third kappa shape index (κ3) is 4.55. The van der Waals surface area contributed by atoms with Crippen LogP contribution in [0.3, 0.4) is 0 Å². The predicted octanol–water partition coefficient (Wildman–Crippen LogP) is -1.09. The Bertz CT molecular complexity index is 352. The van der Waals surface area contributed by atoms with Crippen LogP contribution in [0.15, 0.2) is 12.7 Å². The summed E-state index contributed by atoms with van der Waals surface area (Å²) in [5.74, 6) is 0. The highest BCUT2D eigenvalue weighted by molar-refractivity contribution is 7.72. The minimum Gasteiger partial charge on any atom is -0.391 e. The Hall–Kier alpha value is -0.0800. The van der Waals surface area contributed by atoms with Crippen molar-refractivity contribution >= 4 is 15.2 Å². The van der Waals surface area contributed by atoms with Crippen molar-refractivity contribution < 1.29 is 38.5 Å². The molecule has 0 heterocycles. The monoisotopic (exact) mass is 305 g/mol. The normalized spacial score (nSPS) is 15.4. The fourth-order valence-electron chi connectivity index (χ4n) is 1.10. The van der Waals surface area contributed by atoms with Crippen LogP contribution in [0.1, 0.15) is 6.42 Å². The summed E-state index contributed by atoms with van der Waals surface area (Å²) < 4.78 is 26.9. The molecule has 11 heteroatoms. The number of hydrogen-bond donors (Lipinski definition) is 6. The van der Waals surface area contributed by atoms with Crippen molar-refractivity contribution in [2.24, 2.45) is 5.73 Å². The zero-order valence-corrected chi connectivity index (χ0v) is 11.2. The van der Waals surface area contributed by atoms with Crippen LogP contribution in [-0.2, 0) is 13.9 Å². The first-order valence-corrected chi connectivity index (χ1v) is 7.95. The number of aliphatic hydroxyl groups is 1. The Balaban J connectivity index is 4.89. The second kappa shape index (κ2) is 6.38. The first-order valence-electron chi connectivity index (χ1n) is 4.72. The highest BCUT2D eigenvalue weighted by atomic mass is 31.2. The van der Waals surface area contributed by atoms with Crippen molar-refractivity contribution in [1.29, 1.82) is 0 Å². The molecule has 0 fully saturated rings. The van der Waals surface area contributed by atoms with Crippen LogP contribution in [0.2, 0.25) is 0 Å². The molecule has 1 atom stereocenters. The van der Waals surface area contributed by atoms with Gasteiger partial charge in [0.2, 0.25) is 5.02 Å². The second-order valence-electron chi connectivity index (χ2n) is 3.65. The van der Waals surface area contributed by atoms with Gasteiger partial charge < -0.3 is 35.2 Å². The van der Waals surface area contributed by atoms with E-state index in [4.69, 9.17) is 30.0 Å². The molecule has 7 N–H and O–H groups in total. The van der Waals surface area contributed by atoms with Gasteiger partial charge in [-0.15, -0.1) is 6.58 Å². The van der Waals surface area contributed by atoms with Gasteiger partial charge in [0.15, 0.2) is 0 Å². The van der Waals surface area contributed by atoms with Gasteiger partial charge in [0.05, 0.1) is 19.3 Å². The maximum Gasteiger partial charge on any atom is 0.357 e. The van der Waals surface area contributed by atoms with E-state index in [1.807, 2.05) is 0 Å². The second-order valence-corrected chi connectivity index (χ2v) is 7.78. The molecular formula is C7H17NO8P2. The van der Waals surface area contributed by atoms with Gasteiger partial charge in [0.1, 0.15) is 0 Å². The van der Waals surface area contributed by atoms with E-state index in [1.165, 1.54) is 6.08 Å². The van der Waals surface area contributed by atoms with E-state index in [0.717, 1.165) is 0 Å². The van der Waals surface area contributed by atoms with Gasteiger partial charge in [0.25, 0.3) is 0 Å². The Labute approximate surface area is 104 Å². The quantitative estimate of drug-likeness (QED) is 0.185. The standard InChI is InChI=1S/C7H17NO8P2/c1-2-3-16-5-6(9)4-7(8,17(10,11)12)18(13,14)15/h2,6,9H,1,3-5,8H2,(H2,10,11,12)(H2,13,14,15). The summed E-state index contributed by atoms with van der Waals surface area (Å²) in [5.41, 5.74) is 5.10.